The first kappa shape index (κ1) is 27.2. The van der Waals surface area contributed by atoms with Crippen molar-refractivity contribution in [2.45, 2.75) is 36.5 Å². The number of halogens is 1. The van der Waals surface area contributed by atoms with Crippen molar-refractivity contribution in [3.05, 3.63) is 0 Å². The van der Waals surface area contributed by atoms with Gasteiger partial charge in [-0.1, -0.05) is 0 Å². The Labute approximate surface area is 189 Å². The van der Waals surface area contributed by atoms with E-state index < -0.39 is 66.6 Å². The normalized spacial score (nSPS) is 37.0. The molecule has 23 heteroatoms. The van der Waals surface area contributed by atoms with Crippen molar-refractivity contribution < 1.29 is 65.4 Å². The first-order chi connectivity index (χ1) is 15.5. The summed E-state index contributed by atoms with van der Waals surface area (Å²) in [5, 5.41) is 10.4. The van der Waals surface area contributed by atoms with Crippen molar-refractivity contribution in [2.24, 2.45) is 26.4 Å². The van der Waals surface area contributed by atoms with Gasteiger partial charge in [0.1, 0.15) is 24.6 Å². The monoisotopic (exact) mass is 556 g/mol. The molecule has 34 heavy (non-hydrogen) atoms. The maximum absolute atomic E-state index is 15.0. The van der Waals surface area contributed by atoms with E-state index in [2.05, 4.69) is 28.1 Å². The number of alkyl halides is 1. The van der Waals surface area contributed by atoms with E-state index in [4.69, 9.17) is 30.7 Å². The van der Waals surface area contributed by atoms with E-state index in [1.54, 1.807) is 0 Å². The molecule has 0 bridgehead atoms. The highest BCUT2D eigenvalue weighted by Crippen LogP contribution is 2.66. The van der Waals surface area contributed by atoms with Gasteiger partial charge >= 0.3 is 23.5 Å². The van der Waals surface area contributed by atoms with E-state index in [1.807, 2.05) is 0 Å². The third-order valence-corrected chi connectivity index (χ3v) is 8.37. The van der Waals surface area contributed by atoms with Gasteiger partial charge in [0.15, 0.2) is 18.6 Å². The number of nitrogens with zero attached hydrogens (tertiary/aromatic N) is 4. The molecule has 194 valence electrons. The molecular formula is C11H20FN6O13P3. The number of amidine groups is 1. The lowest BCUT2D eigenvalue weighted by Crippen LogP contribution is -2.51. The molecule has 8 atom stereocenters. The zero-order valence-corrected chi connectivity index (χ0v) is 19.5. The first-order valence-electron chi connectivity index (χ1n) is 8.81. The lowest BCUT2D eigenvalue weighted by Gasteiger charge is -2.33. The number of aliphatic hydroxyl groups excluding tert-OH is 1. The number of fused-ring (bicyclic) bond motifs is 1. The highest BCUT2D eigenvalue weighted by Gasteiger charge is 2.60. The van der Waals surface area contributed by atoms with Crippen LogP contribution in [-0.4, -0.2) is 97.9 Å². The van der Waals surface area contributed by atoms with Gasteiger partial charge in [-0.25, -0.2) is 23.1 Å². The molecule has 3 aliphatic rings. The second kappa shape index (κ2) is 9.25. The van der Waals surface area contributed by atoms with Crippen LogP contribution in [0.4, 0.5) is 4.39 Å². The van der Waals surface area contributed by atoms with Crippen LogP contribution in [0.25, 0.3) is 0 Å². The van der Waals surface area contributed by atoms with Gasteiger partial charge in [0.2, 0.25) is 11.7 Å². The zero-order chi connectivity index (χ0) is 25.7. The topological polar surface area (TPSA) is 291 Å². The molecule has 3 heterocycles. The van der Waals surface area contributed by atoms with Gasteiger partial charge in [0.05, 0.1) is 6.34 Å². The Hall–Kier alpha value is -1.37. The van der Waals surface area contributed by atoms with Crippen molar-refractivity contribution in [1.82, 2.24) is 4.90 Å². The van der Waals surface area contributed by atoms with Gasteiger partial charge in [-0.15, -0.1) is 0 Å². The lowest BCUT2D eigenvalue weighted by atomic mass is 10.1. The molecule has 0 radical (unpaired) electrons. The summed E-state index contributed by atoms with van der Waals surface area (Å²) in [5.41, 5.74) is 11.3. The molecule has 0 saturated carbocycles. The van der Waals surface area contributed by atoms with E-state index in [-0.39, 0.29) is 11.8 Å². The standard InChI is InChI=1S/C11H20FN6O13P3/c1-27-11(2-28-33(23,24)31-34(25,26)30-32(20,21)22)6(19)4(12)9(29-11)18-3-15-5-7(13)16-10(14)17-8(5)18/h3-6,8-9,19H,2H2,1H3,(H,23,24)(H,25,26)(H2,20,21,22)(H4,13,14,16,17)/t4-,5?,6+,8?,9-,11-/m1/s1. The summed E-state index contributed by atoms with van der Waals surface area (Å²) in [5.74, 6) is -2.73. The Kier molecular flexibility index (Phi) is 7.41. The summed E-state index contributed by atoms with van der Waals surface area (Å²) in [6.45, 7) is -1.28. The molecule has 1 fully saturated rings. The third kappa shape index (κ3) is 5.71. The van der Waals surface area contributed by atoms with Crippen molar-refractivity contribution in [2.75, 3.05) is 13.7 Å². The minimum Gasteiger partial charge on any atom is -0.385 e. The minimum atomic E-state index is -5.81. The summed E-state index contributed by atoms with van der Waals surface area (Å²) in [6, 6.07) is -0.840. The molecule has 1 saturated heterocycles. The third-order valence-electron chi connectivity index (χ3n) is 4.59. The number of nitrogens with two attached hydrogens (primary N) is 2. The first-order valence-corrected chi connectivity index (χ1v) is 13.3. The number of aliphatic hydroxyl groups is 1. The molecule has 3 aliphatic heterocycles. The van der Waals surface area contributed by atoms with Gasteiger partial charge in [-0.05, 0) is 0 Å². The number of ether oxygens (including phenoxy) is 2. The van der Waals surface area contributed by atoms with Crippen LogP contribution in [0, 0.1) is 0 Å². The Bertz CT molecular complexity index is 1050. The Morgan fingerprint density at radius 2 is 1.85 bits per heavy atom. The molecule has 3 rings (SSSR count). The number of guanidine groups is 1. The van der Waals surface area contributed by atoms with Crippen LogP contribution in [0.15, 0.2) is 15.0 Å². The highest BCUT2D eigenvalue weighted by molar-refractivity contribution is 7.66. The number of rotatable bonds is 9. The van der Waals surface area contributed by atoms with Crippen molar-refractivity contribution in [3.8, 4) is 0 Å². The fourth-order valence-electron chi connectivity index (χ4n) is 3.19. The van der Waals surface area contributed by atoms with Crippen molar-refractivity contribution in [3.63, 3.8) is 0 Å². The molecule has 0 aromatic rings. The van der Waals surface area contributed by atoms with Crippen LogP contribution in [0.1, 0.15) is 0 Å². The average molecular weight is 556 g/mol. The van der Waals surface area contributed by atoms with Crippen LogP contribution < -0.4 is 11.5 Å². The van der Waals surface area contributed by atoms with Crippen LogP contribution >= 0.6 is 23.5 Å². The predicted octanol–water partition coefficient (Wildman–Crippen LogP) is -2.55. The van der Waals surface area contributed by atoms with E-state index in [0.717, 1.165) is 18.3 Å². The molecule has 0 aliphatic carbocycles. The number of phosphoric ester groups is 1. The fourth-order valence-corrected chi connectivity index (χ4v) is 6.23. The van der Waals surface area contributed by atoms with Gasteiger partial charge < -0.3 is 50.5 Å². The summed E-state index contributed by atoms with van der Waals surface area (Å²) >= 11 is 0. The van der Waals surface area contributed by atoms with Crippen molar-refractivity contribution >= 4 is 41.6 Å². The smallest absolute Gasteiger partial charge is 0.385 e. The summed E-state index contributed by atoms with van der Waals surface area (Å²) in [6.07, 6.45) is -5.98. The molecule has 0 spiro atoms. The zero-order valence-electron chi connectivity index (χ0n) is 16.8. The number of hydrogen-bond donors (Lipinski definition) is 7. The van der Waals surface area contributed by atoms with E-state index >= 15 is 4.39 Å². The second-order valence-electron chi connectivity index (χ2n) is 6.87. The molecule has 0 amide bonds. The fraction of sp³-hybridized carbons (Fsp3) is 0.727. The SMILES string of the molecule is CO[C@]1(COP(=O)(O)OP(=O)(O)OP(=O)(O)O)O[C@@H](N2C=NC3C(N)=NC(N)=NC32)[C@H](F)[C@@H]1O. The Balaban J connectivity index is 1.74. The molecule has 0 aromatic carbocycles. The largest absolute Gasteiger partial charge is 0.490 e. The maximum atomic E-state index is 15.0. The number of phosphoric acid groups is 3. The molecule has 19 nitrogen and oxygen atoms in total. The molecule has 4 unspecified atom stereocenters. The number of methoxy groups -OCH3 is 1. The van der Waals surface area contributed by atoms with Gasteiger partial charge in [-0.2, -0.15) is 13.6 Å². The van der Waals surface area contributed by atoms with Crippen molar-refractivity contribution in [1.29, 1.82) is 0 Å². The number of hydrogen-bond acceptors (Lipinski definition) is 15. The van der Waals surface area contributed by atoms with E-state index in [9.17, 15) is 28.6 Å². The Morgan fingerprint density at radius 1 is 1.21 bits per heavy atom. The predicted molar refractivity (Wildman–Crippen MR) is 106 cm³/mol. The van der Waals surface area contributed by atoms with E-state index in [1.165, 1.54) is 0 Å². The lowest BCUT2D eigenvalue weighted by molar-refractivity contribution is -0.269. The molecular weight excluding hydrogens is 536 g/mol. The molecule has 0 aromatic heterocycles. The summed E-state index contributed by atoms with van der Waals surface area (Å²) < 4.78 is 71.1. The van der Waals surface area contributed by atoms with Crippen LogP contribution in [-0.2, 0) is 36.3 Å². The van der Waals surface area contributed by atoms with Gasteiger partial charge in [0.25, 0.3) is 0 Å². The number of aliphatic imine (C=N–C) groups is 3. The van der Waals surface area contributed by atoms with Crippen LogP contribution in [0.3, 0.4) is 0 Å². The average Bonchev–Trinajstić information content (AvgIpc) is 3.18. The van der Waals surface area contributed by atoms with E-state index in [0.29, 0.717) is 0 Å². The quantitative estimate of drug-likeness (QED) is 0.144. The summed E-state index contributed by atoms with van der Waals surface area (Å²) in [4.78, 5) is 48.8. The maximum Gasteiger partial charge on any atom is 0.490 e. The van der Waals surface area contributed by atoms with Gasteiger partial charge in [0, 0.05) is 7.11 Å². The van der Waals surface area contributed by atoms with Gasteiger partial charge in [-0.3, -0.25) is 9.52 Å². The summed E-state index contributed by atoms with van der Waals surface area (Å²) in [7, 11) is -16.1. The second-order valence-corrected chi connectivity index (χ2v) is 11.3. The van der Waals surface area contributed by atoms with Crippen LogP contribution in [0.2, 0.25) is 0 Å². The highest BCUT2D eigenvalue weighted by atomic mass is 31.3. The Morgan fingerprint density at radius 3 is 2.44 bits per heavy atom. The van der Waals surface area contributed by atoms with Crippen LogP contribution in [0.5, 0.6) is 0 Å². The molecule has 9 N–H and O–H groups in total. The minimum absolute atomic E-state index is 0.0177.